The highest BCUT2D eigenvalue weighted by atomic mass is 16.4. The minimum Gasteiger partial charge on any atom is -0.480 e. The van der Waals surface area contributed by atoms with E-state index in [1.165, 1.54) is 19.3 Å². The van der Waals surface area contributed by atoms with Crippen molar-refractivity contribution in [3.63, 3.8) is 0 Å². The molecule has 1 aliphatic rings. The molecule has 0 aromatic heterocycles. The molecule has 0 spiro atoms. The van der Waals surface area contributed by atoms with Gasteiger partial charge in [-0.1, -0.05) is 33.1 Å². The van der Waals surface area contributed by atoms with Gasteiger partial charge in [0.15, 0.2) is 0 Å². The fourth-order valence-corrected chi connectivity index (χ4v) is 2.08. The summed E-state index contributed by atoms with van der Waals surface area (Å²) >= 11 is 0. The molecule has 1 aliphatic carbocycles. The van der Waals surface area contributed by atoms with Crippen LogP contribution in [0.2, 0.25) is 0 Å². The Hall–Kier alpha value is -1.06. The molecule has 0 radical (unpaired) electrons. The van der Waals surface area contributed by atoms with Crippen LogP contribution in [-0.2, 0) is 9.59 Å². The third-order valence-corrected chi connectivity index (χ3v) is 3.34. The van der Waals surface area contributed by atoms with Crippen LogP contribution in [0.4, 0.5) is 0 Å². The molecule has 1 amide bonds. The Morgan fingerprint density at radius 1 is 1.35 bits per heavy atom. The smallest absolute Gasteiger partial charge is 0.326 e. The highest BCUT2D eigenvalue weighted by Crippen LogP contribution is 2.30. The summed E-state index contributed by atoms with van der Waals surface area (Å²) in [4.78, 5) is 22.6. The zero-order valence-corrected chi connectivity index (χ0v) is 10.7. The highest BCUT2D eigenvalue weighted by molar-refractivity contribution is 5.83. The molecule has 0 bridgehead atoms. The van der Waals surface area contributed by atoms with Crippen molar-refractivity contribution in [3.05, 3.63) is 0 Å². The quantitative estimate of drug-likeness (QED) is 0.718. The molecule has 0 aromatic rings. The average Bonchev–Trinajstić information content (AvgIpc) is 2.13. The summed E-state index contributed by atoms with van der Waals surface area (Å²) in [6.45, 7) is 3.91. The fraction of sp³-hybridized carbons (Fsp3) is 0.846. The normalized spacial score (nSPS) is 17.6. The summed E-state index contributed by atoms with van der Waals surface area (Å²) in [6.07, 6.45) is 5.58. The molecule has 0 aliphatic heterocycles. The van der Waals surface area contributed by atoms with Crippen LogP contribution in [0, 0.1) is 11.8 Å². The Bertz CT molecular complexity index is 272. The Kier molecular flexibility index (Phi) is 5.45. The molecule has 2 N–H and O–H groups in total. The Morgan fingerprint density at radius 2 is 2.00 bits per heavy atom. The number of carbonyl (C=O) groups excluding carboxylic acids is 1. The number of carboxylic acids is 1. The molecule has 98 valence electrons. The Balaban J connectivity index is 2.27. The summed E-state index contributed by atoms with van der Waals surface area (Å²) in [5.41, 5.74) is 0. The molecular formula is C13H23NO3. The van der Waals surface area contributed by atoms with Crippen molar-refractivity contribution in [1.29, 1.82) is 0 Å². The van der Waals surface area contributed by atoms with E-state index in [0.29, 0.717) is 18.8 Å². The van der Waals surface area contributed by atoms with E-state index in [2.05, 4.69) is 5.32 Å². The molecule has 0 aromatic carbocycles. The topological polar surface area (TPSA) is 66.4 Å². The van der Waals surface area contributed by atoms with Gasteiger partial charge in [-0.15, -0.1) is 0 Å². The van der Waals surface area contributed by atoms with E-state index in [0.717, 1.165) is 6.42 Å². The van der Waals surface area contributed by atoms with Crippen molar-refractivity contribution in [1.82, 2.24) is 5.32 Å². The van der Waals surface area contributed by atoms with Crippen molar-refractivity contribution in [2.45, 2.75) is 58.4 Å². The predicted molar refractivity (Wildman–Crippen MR) is 65.6 cm³/mol. The van der Waals surface area contributed by atoms with Crippen molar-refractivity contribution in [2.75, 3.05) is 0 Å². The molecule has 4 nitrogen and oxygen atoms in total. The van der Waals surface area contributed by atoms with Gasteiger partial charge in [0.25, 0.3) is 0 Å². The molecular weight excluding hydrogens is 218 g/mol. The molecule has 1 saturated carbocycles. The van der Waals surface area contributed by atoms with Crippen molar-refractivity contribution in [2.24, 2.45) is 11.8 Å². The zero-order valence-electron chi connectivity index (χ0n) is 10.7. The lowest BCUT2D eigenvalue weighted by atomic mass is 9.82. The van der Waals surface area contributed by atoms with Crippen LogP contribution >= 0.6 is 0 Å². The molecule has 17 heavy (non-hydrogen) atoms. The first-order valence-electron chi connectivity index (χ1n) is 6.51. The monoisotopic (exact) mass is 241 g/mol. The Labute approximate surface area is 103 Å². The number of carboxylic acid groups (broad SMARTS) is 1. The largest absolute Gasteiger partial charge is 0.480 e. The van der Waals surface area contributed by atoms with Gasteiger partial charge in [0.2, 0.25) is 5.91 Å². The van der Waals surface area contributed by atoms with Gasteiger partial charge in [-0.05, 0) is 24.7 Å². The SMILES string of the molecule is CC(C)CC(NC(=O)CCC1CCC1)C(=O)O. The second kappa shape index (κ2) is 6.62. The van der Waals surface area contributed by atoms with Gasteiger partial charge >= 0.3 is 5.97 Å². The lowest BCUT2D eigenvalue weighted by Gasteiger charge is -2.25. The number of amides is 1. The number of aliphatic carboxylic acids is 1. The van der Waals surface area contributed by atoms with E-state index >= 15 is 0 Å². The molecule has 1 fully saturated rings. The van der Waals surface area contributed by atoms with Gasteiger partial charge in [0.1, 0.15) is 6.04 Å². The van der Waals surface area contributed by atoms with Crippen molar-refractivity contribution < 1.29 is 14.7 Å². The van der Waals surface area contributed by atoms with Crippen molar-refractivity contribution >= 4 is 11.9 Å². The van der Waals surface area contributed by atoms with Crippen LogP contribution in [0.1, 0.15) is 52.4 Å². The first-order valence-corrected chi connectivity index (χ1v) is 6.51. The third kappa shape index (κ3) is 5.20. The van der Waals surface area contributed by atoms with E-state index < -0.39 is 12.0 Å². The van der Waals surface area contributed by atoms with Gasteiger partial charge in [0, 0.05) is 6.42 Å². The molecule has 4 heteroatoms. The minimum atomic E-state index is -0.935. The first kappa shape index (κ1) is 14.0. The standard InChI is InChI=1S/C13H23NO3/c1-9(2)8-11(13(16)17)14-12(15)7-6-10-4-3-5-10/h9-11H,3-8H2,1-2H3,(H,14,15)(H,16,17). The van der Waals surface area contributed by atoms with Crippen LogP contribution in [0.15, 0.2) is 0 Å². The molecule has 0 saturated heterocycles. The minimum absolute atomic E-state index is 0.120. The van der Waals surface area contributed by atoms with E-state index in [9.17, 15) is 9.59 Å². The molecule has 1 unspecified atom stereocenters. The predicted octanol–water partition coefficient (Wildman–Crippen LogP) is 2.18. The zero-order chi connectivity index (χ0) is 12.8. The maximum Gasteiger partial charge on any atom is 0.326 e. The van der Waals surface area contributed by atoms with Crippen LogP contribution < -0.4 is 5.32 Å². The Morgan fingerprint density at radius 3 is 2.41 bits per heavy atom. The van der Waals surface area contributed by atoms with Crippen molar-refractivity contribution in [3.8, 4) is 0 Å². The first-order chi connectivity index (χ1) is 7.99. The van der Waals surface area contributed by atoms with E-state index in [-0.39, 0.29) is 11.8 Å². The maximum atomic E-state index is 11.6. The van der Waals surface area contributed by atoms with Gasteiger partial charge in [-0.3, -0.25) is 4.79 Å². The second-order valence-corrected chi connectivity index (χ2v) is 5.42. The number of rotatable bonds is 7. The van der Waals surface area contributed by atoms with Gasteiger partial charge in [0.05, 0.1) is 0 Å². The highest BCUT2D eigenvalue weighted by Gasteiger charge is 2.22. The number of carbonyl (C=O) groups is 2. The van der Waals surface area contributed by atoms with Gasteiger partial charge < -0.3 is 10.4 Å². The van der Waals surface area contributed by atoms with Gasteiger partial charge in [-0.2, -0.15) is 0 Å². The maximum absolute atomic E-state index is 11.6. The number of hydrogen-bond acceptors (Lipinski definition) is 2. The summed E-state index contributed by atoms with van der Waals surface area (Å²) < 4.78 is 0. The average molecular weight is 241 g/mol. The van der Waals surface area contributed by atoms with E-state index in [1.54, 1.807) is 0 Å². The second-order valence-electron chi connectivity index (χ2n) is 5.42. The van der Waals surface area contributed by atoms with Crippen LogP contribution in [0.5, 0.6) is 0 Å². The summed E-state index contributed by atoms with van der Waals surface area (Å²) in [6, 6.07) is -0.733. The van der Waals surface area contributed by atoms with Crippen LogP contribution in [0.3, 0.4) is 0 Å². The lowest BCUT2D eigenvalue weighted by molar-refractivity contribution is -0.142. The number of hydrogen-bond donors (Lipinski definition) is 2. The summed E-state index contributed by atoms with van der Waals surface area (Å²) in [5.74, 6) is -0.0993. The summed E-state index contributed by atoms with van der Waals surface area (Å²) in [5, 5.41) is 11.6. The van der Waals surface area contributed by atoms with E-state index in [4.69, 9.17) is 5.11 Å². The van der Waals surface area contributed by atoms with Crippen LogP contribution in [-0.4, -0.2) is 23.0 Å². The third-order valence-electron chi connectivity index (χ3n) is 3.34. The summed E-state index contributed by atoms with van der Waals surface area (Å²) in [7, 11) is 0. The molecule has 1 atom stereocenters. The number of nitrogens with one attached hydrogen (secondary N) is 1. The van der Waals surface area contributed by atoms with Gasteiger partial charge in [-0.25, -0.2) is 4.79 Å². The fourth-order valence-electron chi connectivity index (χ4n) is 2.08. The molecule has 1 rings (SSSR count). The van der Waals surface area contributed by atoms with E-state index in [1.807, 2.05) is 13.8 Å². The van der Waals surface area contributed by atoms with Crippen LogP contribution in [0.25, 0.3) is 0 Å². The molecule has 0 heterocycles. The lowest BCUT2D eigenvalue weighted by Crippen LogP contribution is -2.41.